The molecule has 118 valence electrons. The highest BCUT2D eigenvalue weighted by Gasteiger charge is 2.26. The molecule has 0 aromatic carbocycles. The monoisotopic (exact) mass is 341 g/mol. The molecule has 3 rings (SSSR count). The first kappa shape index (κ1) is 15.0. The third-order valence-corrected chi connectivity index (χ3v) is 6.58. The van der Waals surface area contributed by atoms with Crippen molar-refractivity contribution < 1.29 is 17.7 Å². The summed E-state index contributed by atoms with van der Waals surface area (Å²) in [6, 6.07) is 1.63. The number of anilines is 1. The number of fused-ring (bicyclic) bond motifs is 1. The van der Waals surface area contributed by atoms with Crippen molar-refractivity contribution in [3.63, 3.8) is 0 Å². The lowest BCUT2D eigenvalue weighted by atomic mass is 10.1. The number of hydrogen-bond donors (Lipinski definition) is 1. The van der Waals surface area contributed by atoms with Gasteiger partial charge in [0.1, 0.15) is 10.5 Å². The first-order valence-electron chi connectivity index (χ1n) is 6.68. The Hall–Kier alpha value is -1.87. The van der Waals surface area contributed by atoms with Crippen LogP contribution in [0.1, 0.15) is 22.9 Å². The molecule has 3 heterocycles. The largest absolute Gasteiger partial charge is 0.362 e. The average Bonchev–Trinajstić information content (AvgIpc) is 3.04. The molecule has 0 radical (unpaired) electrons. The summed E-state index contributed by atoms with van der Waals surface area (Å²) in [6.45, 7) is 4.31. The Kier molecular flexibility index (Phi) is 3.69. The van der Waals surface area contributed by atoms with E-state index in [0.29, 0.717) is 25.1 Å². The van der Waals surface area contributed by atoms with Crippen molar-refractivity contribution in [3.8, 4) is 0 Å². The van der Waals surface area contributed by atoms with Crippen molar-refractivity contribution >= 4 is 33.1 Å². The zero-order chi connectivity index (χ0) is 15.9. The highest BCUT2D eigenvalue weighted by atomic mass is 32.2. The molecule has 0 spiro atoms. The normalized spacial score (nSPS) is 14.7. The molecule has 1 amide bonds. The number of carbonyl (C=O) groups is 1. The van der Waals surface area contributed by atoms with E-state index >= 15 is 0 Å². The van der Waals surface area contributed by atoms with Crippen LogP contribution in [0.3, 0.4) is 0 Å². The minimum absolute atomic E-state index is 0.00222. The SMILES string of the molecule is CC(=O)N1CCc2sc(S(=O)(=O)Nc3nocc3C)cc2C1. The van der Waals surface area contributed by atoms with Crippen LogP contribution in [-0.4, -0.2) is 30.9 Å². The lowest BCUT2D eigenvalue weighted by Gasteiger charge is -2.25. The number of sulfonamides is 1. The maximum atomic E-state index is 12.4. The van der Waals surface area contributed by atoms with Crippen LogP contribution in [0.15, 0.2) is 21.1 Å². The van der Waals surface area contributed by atoms with E-state index in [2.05, 4.69) is 9.88 Å². The molecular formula is C13H15N3O4S2. The molecule has 0 unspecified atom stereocenters. The van der Waals surface area contributed by atoms with Crippen molar-refractivity contribution in [3.05, 3.63) is 28.3 Å². The van der Waals surface area contributed by atoms with E-state index in [1.54, 1.807) is 17.9 Å². The van der Waals surface area contributed by atoms with E-state index in [0.717, 1.165) is 10.4 Å². The average molecular weight is 341 g/mol. The third kappa shape index (κ3) is 2.73. The number of thiophene rings is 1. The molecular weight excluding hydrogens is 326 g/mol. The molecule has 0 saturated heterocycles. The summed E-state index contributed by atoms with van der Waals surface area (Å²) in [6.07, 6.45) is 2.06. The van der Waals surface area contributed by atoms with Crippen molar-refractivity contribution in [2.24, 2.45) is 0 Å². The van der Waals surface area contributed by atoms with E-state index in [4.69, 9.17) is 4.52 Å². The molecule has 0 bridgehead atoms. The third-order valence-electron chi connectivity index (χ3n) is 3.53. The van der Waals surface area contributed by atoms with Crippen LogP contribution in [0.5, 0.6) is 0 Å². The van der Waals surface area contributed by atoms with Crippen molar-refractivity contribution in [2.75, 3.05) is 11.3 Å². The number of aryl methyl sites for hydroxylation is 1. The van der Waals surface area contributed by atoms with Gasteiger partial charge in [-0.05, 0) is 25.0 Å². The Morgan fingerprint density at radius 2 is 2.27 bits per heavy atom. The van der Waals surface area contributed by atoms with Crippen LogP contribution in [0.25, 0.3) is 0 Å². The lowest BCUT2D eigenvalue weighted by Crippen LogP contribution is -2.33. The summed E-state index contributed by atoms with van der Waals surface area (Å²) in [7, 11) is -3.69. The van der Waals surface area contributed by atoms with Gasteiger partial charge in [0, 0.05) is 30.5 Å². The van der Waals surface area contributed by atoms with Crippen LogP contribution in [-0.2, 0) is 27.8 Å². The number of carbonyl (C=O) groups excluding carboxylic acids is 1. The van der Waals surface area contributed by atoms with Crippen LogP contribution >= 0.6 is 11.3 Å². The molecule has 0 atom stereocenters. The van der Waals surface area contributed by atoms with Crippen molar-refractivity contribution in [1.82, 2.24) is 10.1 Å². The number of nitrogens with one attached hydrogen (secondary N) is 1. The zero-order valence-electron chi connectivity index (χ0n) is 12.1. The van der Waals surface area contributed by atoms with E-state index in [9.17, 15) is 13.2 Å². The first-order chi connectivity index (χ1) is 10.4. The highest BCUT2D eigenvalue weighted by molar-refractivity contribution is 7.94. The van der Waals surface area contributed by atoms with Gasteiger partial charge in [0.25, 0.3) is 10.0 Å². The van der Waals surface area contributed by atoms with Gasteiger partial charge in [-0.1, -0.05) is 5.16 Å². The van der Waals surface area contributed by atoms with E-state index in [1.807, 2.05) is 0 Å². The van der Waals surface area contributed by atoms with E-state index < -0.39 is 10.0 Å². The van der Waals surface area contributed by atoms with Crippen molar-refractivity contribution in [2.45, 2.75) is 31.0 Å². The predicted molar refractivity (Wildman–Crippen MR) is 81.2 cm³/mol. The minimum atomic E-state index is -3.69. The Labute approximate surface area is 132 Å². The summed E-state index contributed by atoms with van der Waals surface area (Å²) >= 11 is 1.24. The lowest BCUT2D eigenvalue weighted by molar-refractivity contribution is -0.129. The molecule has 1 N–H and O–H groups in total. The second-order valence-corrected chi connectivity index (χ2v) is 8.20. The Bertz CT molecular complexity index is 822. The molecule has 0 saturated carbocycles. The van der Waals surface area contributed by atoms with Crippen LogP contribution in [0, 0.1) is 6.92 Å². The van der Waals surface area contributed by atoms with Crippen LogP contribution in [0.4, 0.5) is 5.82 Å². The Balaban J connectivity index is 1.87. The van der Waals surface area contributed by atoms with Gasteiger partial charge in [0.15, 0.2) is 5.82 Å². The maximum absolute atomic E-state index is 12.4. The van der Waals surface area contributed by atoms with E-state index in [-0.39, 0.29) is 15.9 Å². The molecule has 0 aliphatic carbocycles. The second kappa shape index (κ2) is 5.40. The zero-order valence-corrected chi connectivity index (χ0v) is 13.8. The number of aromatic nitrogens is 1. The van der Waals surface area contributed by atoms with Gasteiger partial charge in [-0.25, -0.2) is 8.42 Å². The molecule has 0 fully saturated rings. The standard InChI is InChI=1S/C13H15N3O4S2/c1-8-7-20-14-13(8)15-22(18,19)12-5-10-6-16(9(2)17)4-3-11(10)21-12/h5,7H,3-4,6H2,1-2H3,(H,14,15). The van der Waals surface area contributed by atoms with Gasteiger partial charge in [-0.3, -0.25) is 9.52 Å². The number of nitrogens with zero attached hydrogens (tertiary/aromatic N) is 2. The van der Waals surface area contributed by atoms with Crippen LogP contribution in [0.2, 0.25) is 0 Å². The quantitative estimate of drug-likeness (QED) is 0.918. The Morgan fingerprint density at radius 3 is 2.91 bits per heavy atom. The first-order valence-corrected chi connectivity index (χ1v) is 8.97. The Morgan fingerprint density at radius 1 is 1.50 bits per heavy atom. The van der Waals surface area contributed by atoms with Gasteiger partial charge >= 0.3 is 0 Å². The highest BCUT2D eigenvalue weighted by Crippen LogP contribution is 2.32. The maximum Gasteiger partial charge on any atom is 0.272 e. The summed E-state index contributed by atoms with van der Waals surface area (Å²) < 4.78 is 32.2. The molecule has 1 aliphatic rings. The molecule has 2 aromatic rings. The smallest absolute Gasteiger partial charge is 0.272 e. The fraction of sp³-hybridized carbons (Fsp3) is 0.385. The summed E-state index contributed by atoms with van der Waals surface area (Å²) in [4.78, 5) is 14.2. The number of hydrogen-bond acceptors (Lipinski definition) is 6. The van der Waals surface area contributed by atoms with Crippen LogP contribution < -0.4 is 4.72 Å². The molecule has 22 heavy (non-hydrogen) atoms. The van der Waals surface area contributed by atoms with Gasteiger partial charge < -0.3 is 9.42 Å². The second-order valence-electron chi connectivity index (χ2n) is 5.16. The van der Waals surface area contributed by atoms with Gasteiger partial charge in [0.2, 0.25) is 5.91 Å². The summed E-state index contributed by atoms with van der Waals surface area (Å²) in [5.74, 6) is 0.189. The fourth-order valence-corrected chi connectivity index (χ4v) is 4.88. The topological polar surface area (TPSA) is 92.5 Å². The van der Waals surface area contributed by atoms with Gasteiger partial charge in [0.05, 0.1) is 0 Å². The number of amides is 1. The molecule has 9 heteroatoms. The summed E-state index contributed by atoms with van der Waals surface area (Å²) in [5, 5.41) is 3.63. The molecule has 1 aliphatic heterocycles. The fourth-order valence-electron chi connectivity index (χ4n) is 2.27. The molecule has 7 nitrogen and oxygen atoms in total. The summed E-state index contributed by atoms with van der Waals surface area (Å²) in [5.41, 5.74) is 1.51. The number of rotatable bonds is 3. The van der Waals surface area contributed by atoms with Gasteiger partial charge in [-0.15, -0.1) is 11.3 Å². The van der Waals surface area contributed by atoms with Gasteiger partial charge in [-0.2, -0.15) is 0 Å². The molecule has 2 aromatic heterocycles. The van der Waals surface area contributed by atoms with E-state index in [1.165, 1.54) is 24.5 Å². The minimum Gasteiger partial charge on any atom is -0.362 e. The predicted octanol–water partition coefficient (Wildman–Crippen LogP) is 1.75. The van der Waals surface area contributed by atoms with Crippen molar-refractivity contribution in [1.29, 1.82) is 0 Å².